The first-order chi connectivity index (χ1) is 17.8. The lowest BCUT2D eigenvalue weighted by atomic mass is 9.94. The summed E-state index contributed by atoms with van der Waals surface area (Å²) in [6.45, 7) is 2.52. The molecule has 2 amide bonds. The zero-order valence-corrected chi connectivity index (χ0v) is 21.1. The van der Waals surface area contributed by atoms with E-state index in [-0.39, 0.29) is 29.3 Å². The Morgan fingerprint density at radius 3 is 2.16 bits per heavy atom. The molecule has 1 aliphatic carbocycles. The number of ether oxygens (including phenoxy) is 1. The van der Waals surface area contributed by atoms with Crippen molar-refractivity contribution in [2.24, 2.45) is 5.92 Å². The number of nitrogens with zero attached hydrogens (tertiary/aromatic N) is 2. The number of hydrogen-bond acceptors (Lipinski definition) is 4. The van der Waals surface area contributed by atoms with E-state index in [2.05, 4.69) is 10.2 Å². The van der Waals surface area contributed by atoms with Crippen LogP contribution in [0.15, 0.2) is 48.5 Å². The van der Waals surface area contributed by atoms with Crippen molar-refractivity contribution in [1.82, 2.24) is 15.1 Å². The van der Waals surface area contributed by atoms with E-state index < -0.39 is 11.7 Å². The van der Waals surface area contributed by atoms with Gasteiger partial charge in [0.05, 0.1) is 18.7 Å². The first kappa shape index (κ1) is 27.0. The highest BCUT2D eigenvalue weighted by Crippen LogP contribution is 2.32. The zero-order chi connectivity index (χ0) is 26.4. The van der Waals surface area contributed by atoms with Gasteiger partial charge in [0, 0.05) is 38.3 Å². The Morgan fingerprint density at radius 1 is 0.973 bits per heavy atom. The van der Waals surface area contributed by atoms with Crippen LogP contribution in [-0.4, -0.2) is 67.5 Å². The van der Waals surface area contributed by atoms with Crippen molar-refractivity contribution >= 4 is 11.8 Å². The van der Waals surface area contributed by atoms with E-state index in [1.165, 1.54) is 12.1 Å². The summed E-state index contributed by atoms with van der Waals surface area (Å²) in [5.41, 5.74) is 0.588. The van der Waals surface area contributed by atoms with Crippen LogP contribution in [0.3, 0.4) is 0 Å². The number of amides is 2. The summed E-state index contributed by atoms with van der Waals surface area (Å²) in [5, 5.41) is 3.13. The summed E-state index contributed by atoms with van der Waals surface area (Å²) in [7, 11) is 1.63. The van der Waals surface area contributed by atoms with Gasteiger partial charge in [0.15, 0.2) is 0 Å². The maximum atomic E-state index is 13.3. The van der Waals surface area contributed by atoms with E-state index in [9.17, 15) is 22.8 Å². The summed E-state index contributed by atoms with van der Waals surface area (Å²) in [6, 6.07) is 11.9. The molecule has 37 heavy (non-hydrogen) atoms. The van der Waals surface area contributed by atoms with E-state index >= 15 is 0 Å². The SMILES string of the molecule is COc1ccc(CCNC(=O)[C@@H](C2CCCC2)N2CCN(C(=O)c3ccc(C(F)(F)F)cc3)CC2)cc1. The number of carbonyl (C=O) groups is 2. The highest BCUT2D eigenvalue weighted by atomic mass is 19.4. The van der Waals surface area contributed by atoms with Crippen LogP contribution in [0.4, 0.5) is 13.2 Å². The number of hydrogen-bond donors (Lipinski definition) is 1. The van der Waals surface area contributed by atoms with Crippen LogP contribution < -0.4 is 10.1 Å². The summed E-state index contributed by atoms with van der Waals surface area (Å²) >= 11 is 0. The molecule has 0 bridgehead atoms. The van der Waals surface area contributed by atoms with Gasteiger partial charge >= 0.3 is 6.18 Å². The van der Waals surface area contributed by atoms with Crippen LogP contribution >= 0.6 is 0 Å². The van der Waals surface area contributed by atoms with E-state index in [0.717, 1.165) is 55.5 Å². The minimum absolute atomic E-state index is 0.0305. The van der Waals surface area contributed by atoms with Crippen molar-refractivity contribution in [3.8, 4) is 5.75 Å². The molecule has 1 N–H and O–H groups in total. The second-order valence-corrected chi connectivity index (χ2v) is 9.78. The zero-order valence-electron chi connectivity index (χ0n) is 21.1. The maximum Gasteiger partial charge on any atom is 0.416 e. The number of carbonyl (C=O) groups excluding carboxylic acids is 2. The number of nitrogens with one attached hydrogen (secondary N) is 1. The minimum Gasteiger partial charge on any atom is -0.497 e. The topological polar surface area (TPSA) is 61.9 Å². The number of halogens is 3. The molecule has 0 unspecified atom stereocenters. The second kappa shape index (κ2) is 12.0. The Labute approximate surface area is 215 Å². The lowest BCUT2D eigenvalue weighted by molar-refractivity contribution is -0.137. The van der Waals surface area contributed by atoms with Crippen molar-refractivity contribution in [3.63, 3.8) is 0 Å². The van der Waals surface area contributed by atoms with Crippen molar-refractivity contribution < 1.29 is 27.5 Å². The number of rotatable bonds is 8. The molecule has 4 rings (SSSR count). The first-order valence-corrected chi connectivity index (χ1v) is 12.9. The fraction of sp³-hybridized carbons (Fsp3) is 0.500. The molecule has 0 spiro atoms. The van der Waals surface area contributed by atoms with Gasteiger partial charge in [0.2, 0.25) is 5.91 Å². The lowest BCUT2D eigenvalue weighted by Crippen LogP contribution is -2.58. The fourth-order valence-electron chi connectivity index (χ4n) is 5.37. The monoisotopic (exact) mass is 517 g/mol. The summed E-state index contributed by atoms with van der Waals surface area (Å²) in [6.07, 6.45) is 0.558. The van der Waals surface area contributed by atoms with Crippen LogP contribution in [-0.2, 0) is 17.4 Å². The molecule has 1 saturated carbocycles. The molecule has 9 heteroatoms. The van der Waals surface area contributed by atoms with E-state index in [0.29, 0.717) is 32.7 Å². The predicted molar refractivity (Wildman–Crippen MR) is 134 cm³/mol. The number of alkyl halides is 3. The highest BCUT2D eigenvalue weighted by molar-refractivity contribution is 5.94. The third kappa shape index (κ3) is 6.83. The Balaban J connectivity index is 1.33. The molecular formula is C28H34F3N3O3. The Hall–Kier alpha value is -3.07. The molecule has 1 atom stereocenters. The van der Waals surface area contributed by atoms with Gasteiger partial charge in [0.1, 0.15) is 5.75 Å². The molecule has 1 heterocycles. The van der Waals surface area contributed by atoms with E-state index in [1.807, 2.05) is 24.3 Å². The van der Waals surface area contributed by atoms with Crippen LogP contribution in [0.5, 0.6) is 5.75 Å². The molecule has 6 nitrogen and oxygen atoms in total. The third-order valence-corrected chi connectivity index (χ3v) is 7.44. The van der Waals surface area contributed by atoms with Gasteiger partial charge in [-0.1, -0.05) is 25.0 Å². The average Bonchev–Trinajstić information content (AvgIpc) is 3.43. The lowest BCUT2D eigenvalue weighted by Gasteiger charge is -2.40. The number of piperazine rings is 1. The quantitative estimate of drug-likeness (QED) is 0.564. The van der Waals surface area contributed by atoms with Crippen molar-refractivity contribution in [3.05, 3.63) is 65.2 Å². The molecule has 1 saturated heterocycles. The van der Waals surface area contributed by atoms with Crippen LogP contribution in [0.1, 0.15) is 47.2 Å². The van der Waals surface area contributed by atoms with E-state index in [4.69, 9.17) is 4.74 Å². The van der Waals surface area contributed by atoms with Gasteiger partial charge in [-0.25, -0.2) is 0 Å². The fourth-order valence-corrected chi connectivity index (χ4v) is 5.37. The molecule has 0 aromatic heterocycles. The van der Waals surface area contributed by atoms with Crippen LogP contribution in [0, 0.1) is 5.92 Å². The molecule has 0 radical (unpaired) electrons. The van der Waals surface area contributed by atoms with Crippen molar-refractivity contribution in [2.75, 3.05) is 39.8 Å². The molecule has 2 fully saturated rings. The largest absolute Gasteiger partial charge is 0.497 e. The maximum absolute atomic E-state index is 13.3. The number of methoxy groups -OCH3 is 1. The Kier molecular flexibility index (Phi) is 8.74. The average molecular weight is 518 g/mol. The second-order valence-electron chi connectivity index (χ2n) is 9.78. The van der Waals surface area contributed by atoms with Gasteiger partial charge in [-0.15, -0.1) is 0 Å². The molecule has 2 aromatic carbocycles. The van der Waals surface area contributed by atoms with Gasteiger partial charge in [-0.05, 0) is 67.1 Å². The van der Waals surface area contributed by atoms with Gasteiger partial charge < -0.3 is 15.0 Å². The number of benzene rings is 2. The smallest absolute Gasteiger partial charge is 0.416 e. The molecule has 1 aliphatic heterocycles. The molecular weight excluding hydrogens is 483 g/mol. The van der Waals surface area contributed by atoms with Gasteiger partial charge in [-0.2, -0.15) is 13.2 Å². The van der Waals surface area contributed by atoms with Crippen molar-refractivity contribution in [2.45, 2.75) is 44.3 Å². The summed E-state index contributed by atoms with van der Waals surface area (Å²) in [4.78, 5) is 30.0. The highest BCUT2D eigenvalue weighted by Gasteiger charge is 2.37. The van der Waals surface area contributed by atoms with Gasteiger partial charge in [-0.3, -0.25) is 14.5 Å². The van der Waals surface area contributed by atoms with E-state index in [1.54, 1.807) is 12.0 Å². The Morgan fingerprint density at radius 2 is 1.59 bits per heavy atom. The first-order valence-electron chi connectivity index (χ1n) is 12.9. The molecule has 2 aromatic rings. The summed E-state index contributed by atoms with van der Waals surface area (Å²) in [5.74, 6) is 0.834. The Bertz CT molecular complexity index is 1040. The normalized spacial score (nSPS) is 18.0. The van der Waals surface area contributed by atoms with Crippen LogP contribution in [0.2, 0.25) is 0 Å². The van der Waals surface area contributed by atoms with Crippen molar-refractivity contribution in [1.29, 1.82) is 0 Å². The molecule has 2 aliphatic rings. The van der Waals surface area contributed by atoms with Gasteiger partial charge in [0.25, 0.3) is 5.91 Å². The summed E-state index contributed by atoms with van der Waals surface area (Å²) < 4.78 is 43.7. The van der Waals surface area contributed by atoms with Crippen LogP contribution in [0.25, 0.3) is 0 Å². The predicted octanol–water partition coefficient (Wildman–Crippen LogP) is 4.39. The minimum atomic E-state index is -4.43. The third-order valence-electron chi connectivity index (χ3n) is 7.44. The molecule has 200 valence electrons. The standard InChI is InChI=1S/C28H34F3N3O3/c1-37-24-12-6-20(7-13-24)14-15-32-26(35)25(21-4-2-3-5-21)33-16-18-34(19-17-33)27(36)22-8-10-23(11-9-22)28(29,30)31/h6-13,21,25H,2-5,14-19H2,1H3,(H,32,35)/t25-/m1/s1.